The van der Waals surface area contributed by atoms with Crippen molar-refractivity contribution in [3.8, 4) is 10.6 Å². The number of nitrogens with zero attached hydrogens (tertiary/aromatic N) is 1. The monoisotopic (exact) mass is 322 g/mol. The van der Waals surface area contributed by atoms with Crippen LogP contribution < -0.4 is 5.32 Å². The van der Waals surface area contributed by atoms with Gasteiger partial charge >= 0.3 is 0 Å². The molecule has 1 aromatic carbocycles. The van der Waals surface area contributed by atoms with E-state index in [2.05, 4.69) is 10.3 Å². The van der Waals surface area contributed by atoms with Crippen molar-refractivity contribution in [1.29, 1.82) is 0 Å². The molecule has 0 saturated heterocycles. The van der Waals surface area contributed by atoms with Crippen molar-refractivity contribution in [3.05, 3.63) is 40.7 Å². The van der Waals surface area contributed by atoms with Gasteiger partial charge < -0.3 is 10.4 Å². The lowest BCUT2D eigenvalue weighted by Crippen LogP contribution is -2.26. The second-order valence-electron chi connectivity index (χ2n) is 5.05. The molecule has 6 heteroatoms. The molecular formula is C16H19FN2O2S. The Bertz CT molecular complexity index is 640. The van der Waals surface area contributed by atoms with E-state index in [1.165, 1.54) is 23.5 Å². The molecule has 0 aliphatic rings. The Morgan fingerprint density at radius 3 is 2.73 bits per heavy atom. The topological polar surface area (TPSA) is 62.2 Å². The van der Waals surface area contributed by atoms with Gasteiger partial charge in [-0.25, -0.2) is 9.37 Å². The maximum atomic E-state index is 12.9. The lowest BCUT2D eigenvalue weighted by atomic mass is 10.2. The third-order valence-corrected chi connectivity index (χ3v) is 4.53. The molecule has 2 rings (SSSR count). The van der Waals surface area contributed by atoms with E-state index in [9.17, 15) is 14.3 Å². The van der Waals surface area contributed by atoms with Crippen molar-refractivity contribution < 1.29 is 14.3 Å². The van der Waals surface area contributed by atoms with Gasteiger partial charge in [0, 0.05) is 12.1 Å². The Morgan fingerprint density at radius 1 is 1.41 bits per heavy atom. The van der Waals surface area contributed by atoms with Gasteiger partial charge in [-0.3, -0.25) is 4.79 Å². The fourth-order valence-electron chi connectivity index (χ4n) is 1.96. The van der Waals surface area contributed by atoms with Gasteiger partial charge in [0.05, 0.1) is 11.8 Å². The molecule has 22 heavy (non-hydrogen) atoms. The molecule has 1 heterocycles. The zero-order valence-corrected chi connectivity index (χ0v) is 13.4. The fraction of sp³-hybridized carbons (Fsp3) is 0.375. The number of amides is 1. The summed E-state index contributed by atoms with van der Waals surface area (Å²) in [6.45, 7) is 4.10. The summed E-state index contributed by atoms with van der Waals surface area (Å²) >= 11 is 1.28. The molecule has 1 atom stereocenters. The number of carbonyl (C=O) groups excluding carboxylic acids is 1. The van der Waals surface area contributed by atoms with Crippen LogP contribution >= 0.6 is 11.3 Å². The second-order valence-corrected chi connectivity index (χ2v) is 6.05. The Kier molecular flexibility index (Phi) is 5.63. The number of benzene rings is 1. The third kappa shape index (κ3) is 4.11. The Balaban J connectivity index is 2.06. The molecular weight excluding hydrogens is 303 g/mol. The lowest BCUT2D eigenvalue weighted by molar-refractivity contribution is 0.0945. The molecule has 4 nitrogen and oxygen atoms in total. The number of aromatic nitrogens is 1. The predicted molar refractivity (Wildman–Crippen MR) is 85.5 cm³/mol. The molecule has 0 fully saturated rings. The molecule has 0 saturated carbocycles. The standard InChI is InChI=1S/C16H19FN2O2S/c1-3-13(20)8-9-18-15(21)14-10(2)19-16(22-14)11-4-6-12(17)7-5-11/h4-7,13,20H,3,8-9H2,1-2H3,(H,18,21). The van der Waals surface area contributed by atoms with E-state index in [0.29, 0.717) is 35.0 Å². The summed E-state index contributed by atoms with van der Waals surface area (Å²) in [4.78, 5) is 17.1. The molecule has 0 spiro atoms. The van der Waals surface area contributed by atoms with Crippen LogP contribution in [0.4, 0.5) is 4.39 Å². The highest BCUT2D eigenvalue weighted by Gasteiger charge is 2.16. The SMILES string of the molecule is CCC(O)CCNC(=O)c1sc(-c2ccc(F)cc2)nc1C. The zero-order valence-electron chi connectivity index (χ0n) is 12.6. The molecule has 1 aromatic heterocycles. The number of nitrogens with one attached hydrogen (secondary N) is 1. The summed E-state index contributed by atoms with van der Waals surface area (Å²) in [5.41, 5.74) is 1.44. The van der Waals surface area contributed by atoms with Gasteiger partial charge in [0.25, 0.3) is 5.91 Å². The first-order valence-electron chi connectivity index (χ1n) is 7.21. The number of aliphatic hydroxyl groups is 1. The maximum Gasteiger partial charge on any atom is 0.263 e. The van der Waals surface area contributed by atoms with E-state index in [1.807, 2.05) is 6.92 Å². The van der Waals surface area contributed by atoms with E-state index < -0.39 is 6.10 Å². The summed E-state index contributed by atoms with van der Waals surface area (Å²) in [6.07, 6.45) is 0.812. The number of hydrogen-bond acceptors (Lipinski definition) is 4. The highest BCUT2D eigenvalue weighted by molar-refractivity contribution is 7.17. The van der Waals surface area contributed by atoms with Crippen molar-refractivity contribution in [3.63, 3.8) is 0 Å². The van der Waals surface area contributed by atoms with E-state index in [-0.39, 0.29) is 11.7 Å². The highest BCUT2D eigenvalue weighted by atomic mass is 32.1. The highest BCUT2D eigenvalue weighted by Crippen LogP contribution is 2.27. The Morgan fingerprint density at radius 2 is 2.09 bits per heavy atom. The lowest BCUT2D eigenvalue weighted by Gasteiger charge is -2.08. The Labute approximate surface area is 133 Å². The van der Waals surface area contributed by atoms with Gasteiger partial charge in [-0.05, 0) is 44.0 Å². The second kappa shape index (κ2) is 7.47. The van der Waals surface area contributed by atoms with E-state index in [0.717, 1.165) is 5.56 Å². The molecule has 118 valence electrons. The average molecular weight is 322 g/mol. The van der Waals surface area contributed by atoms with Crippen LogP contribution in [0, 0.1) is 12.7 Å². The summed E-state index contributed by atoms with van der Waals surface area (Å²) in [6, 6.07) is 6.04. The van der Waals surface area contributed by atoms with Gasteiger partial charge in [0.1, 0.15) is 15.7 Å². The molecule has 2 aromatic rings. The molecule has 1 amide bonds. The smallest absolute Gasteiger partial charge is 0.263 e. The molecule has 2 N–H and O–H groups in total. The van der Waals surface area contributed by atoms with E-state index >= 15 is 0 Å². The molecule has 0 aliphatic heterocycles. The normalized spacial score (nSPS) is 12.2. The number of aryl methyl sites for hydroxylation is 1. The quantitative estimate of drug-likeness (QED) is 0.859. The number of halogens is 1. The van der Waals surface area contributed by atoms with Crippen LogP contribution in [-0.2, 0) is 0 Å². The van der Waals surface area contributed by atoms with E-state index in [1.54, 1.807) is 19.1 Å². The molecule has 0 radical (unpaired) electrons. The summed E-state index contributed by atoms with van der Waals surface area (Å²) in [5, 5.41) is 13.0. The minimum absolute atomic E-state index is 0.188. The van der Waals surface area contributed by atoms with Crippen LogP contribution in [0.5, 0.6) is 0 Å². The van der Waals surface area contributed by atoms with Crippen LogP contribution in [0.25, 0.3) is 10.6 Å². The summed E-state index contributed by atoms with van der Waals surface area (Å²) in [5.74, 6) is -0.490. The van der Waals surface area contributed by atoms with Crippen molar-refractivity contribution >= 4 is 17.2 Å². The van der Waals surface area contributed by atoms with E-state index in [4.69, 9.17) is 0 Å². The first-order valence-corrected chi connectivity index (χ1v) is 8.02. The maximum absolute atomic E-state index is 12.9. The number of rotatable bonds is 6. The van der Waals surface area contributed by atoms with Crippen LogP contribution in [0.1, 0.15) is 35.1 Å². The average Bonchev–Trinajstić information content (AvgIpc) is 2.89. The molecule has 0 bridgehead atoms. The van der Waals surface area contributed by atoms with Crippen LogP contribution in [0.15, 0.2) is 24.3 Å². The predicted octanol–water partition coefficient (Wildman–Crippen LogP) is 3.15. The van der Waals surface area contributed by atoms with Crippen LogP contribution in [0.3, 0.4) is 0 Å². The van der Waals surface area contributed by atoms with Gasteiger partial charge in [0.15, 0.2) is 0 Å². The first-order chi connectivity index (χ1) is 10.5. The number of hydrogen-bond donors (Lipinski definition) is 2. The number of carbonyl (C=O) groups is 1. The van der Waals surface area contributed by atoms with Crippen molar-refractivity contribution in [2.45, 2.75) is 32.8 Å². The first kappa shape index (κ1) is 16.6. The zero-order chi connectivity index (χ0) is 16.1. The third-order valence-electron chi connectivity index (χ3n) is 3.33. The van der Waals surface area contributed by atoms with Crippen molar-refractivity contribution in [1.82, 2.24) is 10.3 Å². The van der Waals surface area contributed by atoms with Gasteiger partial charge in [-0.1, -0.05) is 6.92 Å². The largest absolute Gasteiger partial charge is 0.393 e. The summed E-state index contributed by atoms with van der Waals surface area (Å²) in [7, 11) is 0. The number of thiazole rings is 1. The molecule has 1 unspecified atom stereocenters. The van der Waals surface area contributed by atoms with Crippen molar-refractivity contribution in [2.24, 2.45) is 0 Å². The fourth-order valence-corrected chi connectivity index (χ4v) is 2.95. The van der Waals surface area contributed by atoms with Gasteiger partial charge in [-0.15, -0.1) is 11.3 Å². The van der Waals surface area contributed by atoms with Crippen molar-refractivity contribution in [2.75, 3.05) is 6.54 Å². The van der Waals surface area contributed by atoms with Gasteiger partial charge in [-0.2, -0.15) is 0 Å². The molecule has 0 aliphatic carbocycles. The Hall–Kier alpha value is -1.79. The minimum Gasteiger partial charge on any atom is -0.393 e. The number of aliphatic hydroxyl groups excluding tert-OH is 1. The summed E-state index contributed by atoms with van der Waals surface area (Å²) < 4.78 is 12.9. The van der Waals surface area contributed by atoms with Crippen LogP contribution in [0.2, 0.25) is 0 Å². The minimum atomic E-state index is -0.391. The van der Waals surface area contributed by atoms with Crippen LogP contribution in [-0.4, -0.2) is 28.6 Å². The van der Waals surface area contributed by atoms with Gasteiger partial charge in [0.2, 0.25) is 0 Å².